The summed E-state index contributed by atoms with van der Waals surface area (Å²) in [4.78, 5) is 15.8. The van der Waals surface area contributed by atoms with Gasteiger partial charge in [-0.15, -0.1) is 0 Å². The molecule has 3 N–H and O–H groups in total. The zero-order chi connectivity index (χ0) is 12.3. The summed E-state index contributed by atoms with van der Waals surface area (Å²) in [6.07, 6.45) is 4.89. The van der Waals surface area contributed by atoms with Crippen LogP contribution in [0.3, 0.4) is 0 Å². The summed E-state index contributed by atoms with van der Waals surface area (Å²) in [5, 5.41) is 6.75. The number of carbonyl (C=O) groups excluding carboxylic acids is 1. The summed E-state index contributed by atoms with van der Waals surface area (Å²) in [6, 6.07) is 4.74. The van der Waals surface area contributed by atoms with Gasteiger partial charge in [0.25, 0.3) is 0 Å². The molecule has 0 bridgehead atoms. The minimum atomic E-state index is -0.373. The van der Waals surface area contributed by atoms with E-state index in [0.29, 0.717) is 11.5 Å². The van der Waals surface area contributed by atoms with Gasteiger partial charge in [-0.2, -0.15) is 5.10 Å². The van der Waals surface area contributed by atoms with Gasteiger partial charge in [-0.25, -0.2) is 4.98 Å². The molecule has 6 nitrogen and oxygen atoms in total. The van der Waals surface area contributed by atoms with Crippen LogP contribution in [0.25, 0.3) is 0 Å². The quantitative estimate of drug-likeness (QED) is 0.827. The van der Waals surface area contributed by atoms with Crippen molar-refractivity contribution in [2.45, 2.75) is 13.0 Å². The standard InChI is InChI=1S/C11H13N5O/c1-8(16-6-2-5-14-16)11(17)15-9-3-4-10(12)13-7-9/h2-8H,1H3,(H2,12,13)(H,15,17). The number of rotatable bonds is 3. The Morgan fingerprint density at radius 2 is 2.35 bits per heavy atom. The molecular weight excluding hydrogens is 218 g/mol. The fraction of sp³-hybridized carbons (Fsp3) is 0.182. The summed E-state index contributed by atoms with van der Waals surface area (Å²) in [6.45, 7) is 1.77. The number of nitrogens with one attached hydrogen (secondary N) is 1. The monoisotopic (exact) mass is 231 g/mol. The van der Waals surface area contributed by atoms with Gasteiger partial charge in [0.1, 0.15) is 11.9 Å². The topological polar surface area (TPSA) is 85.8 Å². The third-order valence-corrected chi connectivity index (χ3v) is 2.36. The van der Waals surface area contributed by atoms with E-state index in [0.717, 1.165) is 0 Å². The van der Waals surface area contributed by atoms with Crippen molar-refractivity contribution < 1.29 is 4.79 Å². The van der Waals surface area contributed by atoms with Crippen molar-refractivity contribution in [1.29, 1.82) is 0 Å². The lowest BCUT2D eigenvalue weighted by atomic mass is 10.3. The second-order valence-corrected chi connectivity index (χ2v) is 3.62. The number of hydrogen-bond donors (Lipinski definition) is 2. The summed E-state index contributed by atoms with van der Waals surface area (Å²) >= 11 is 0. The number of anilines is 2. The average molecular weight is 231 g/mol. The highest BCUT2D eigenvalue weighted by atomic mass is 16.2. The maximum atomic E-state index is 11.9. The van der Waals surface area contributed by atoms with Crippen LogP contribution < -0.4 is 11.1 Å². The lowest BCUT2D eigenvalue weighted by Gasteiger charge is -2.12. The van der Waals surface area contributed by atoms with Gasteiger partial charge in [-0.1, -0.05) is 0 Å². The molecule has 2 rings (SSSR count). The van der Waals surface area contributed by atoms with Crippen LogP contribution in [0.4, 0.5) is 11.5 Å². The number of hydrogen-bond acceptors (Lipinski definition) is 4. The van der Waals surface area contributed by atoms with E-state index in [1.54, 1.807) is 42.2 Å². The first kappa shape index (κ1) is 11.1. The van der Waals surface area contributed by atoms with Crippen molar-refractivity contribution in [2.24, 2.45) is 0 Å². The van der Waals surface area contributed by atoms with Crippen molar-refractivity contribution in [3.05, 3.63) is 36.8 Å². The van der Waals surface area contributed by atoms with Crippen LogP contribution in [-0.2, 0) is 4.79 Å². The van der Waals surface area contributed by atoms with Crippen LogP contribution in [0.2, 0.25) is 0 Å². The molecule has 2 heterocycles. The largest absolute Gasteiger partial charge is 0.384 e. The maximum Gasteiger partial charge on any atom is 0.248 e. The van der Waals surface area contributed by atoms with Crippen molar-refractivity contribution in [2.75, 3.05) is 11.1 Å². The van der Waals surface area contributed by atoms with Crippen molar-refractivity contribution in [3.8, 4) is 0 Å². The molecule has 0 fully saturated rings. The number of pyridine rings is 1. The Kier molecular flexibility index (Phi) is 3.04. The summed E-state index contributed by atoms with van der Waals surface area (Å²) < 4.78 is 1.58. The van der Waals surface area contributed by atoms with E-state index in [2.05, 4.69) is 15.4 Å². The van der Waals surface area contributed by atoms with E-state index < -0.39 is 0 Å². The normalized spacial score (nSPS) is 12.1. The molecule has 0 spiro atoms. The Morgan fingerprint density at radius 3 is 2.94 bits per heavy atom. The Labute approximate surface area is 98.5 Å². The first-order valence-corrected chi connectivity index (χ1v) is 5.18. The molecule has 17 heavy (non-hydrogen) atoms. The van der Waals surface area contributed by atoms with Crippen molar-refractivity contribution in [3.63, 3.8) is 0 Å². The fourth-order valence-corrected chi connectivity index (χ4v) is 1.36. The summed E-state index contributed by atoms with van der Waals surface area (Å²) in [5.74, 6) is 0.267. The number of nitrogens with two attached hydrogens (primary N) is 1. The lowest BCUT2D eigenvalue weighted by molar-refractivity contribution is -0.119. The van der Waals surface area contributed by atoms with Gasteiger partial charge in [-0.3, -0.25) is 9.48 Å². The molecule has 0 saturated carbocycles. The predicted octanol–water partition coefficient (Wildman–Crippen LogP) is 1.06. The van der Waals surface area contributed by atoms with E-state index in [1.165, 1.54) is 6.20 Å². The van der Waals surface area contributed by atoms with Gasteiger partial charge >= 0.3 is 0 Å². The number of nitrogens with zero attached hydrogens (tertiary/aromatic N) is 3. The molecule has 0 radical (unpaired) electrons. The maximum absolute atomic E-state index is 11.9. The fourth-order valence-electron chi connectivity index (χ4n) is 1.36. The van der Waals surface area contributed by atoms with Gasteiger partial charge in [0.15, 0.2) is 0 Å². The molecule has 0 aliphatic heterocycles. The molecule has 1 unspecified atom stereocenters. The molecule has 88 valence electrons. The van der Waals surface area contributed by atoms with Crippen LogP contribution in [0, 0.1) is 0 Å². The van der Waals surface area contributed by atoms with Crippen molar-refractivity contribution >= 4 is 17.4 Å². The molecule has 1 amide bonds. The van der Waals surface area contributed by atoms with Gasteiger partial charge in [-0.05, 0) is 25.1 Å². The summed E-state index contributed by atoms with van der Waals surface area (Å²) in [5.41, 5.74) is 6.07. The third kappa shape index (κ3) is 2.60. The van der Waals surface area contributed by atoms with Crippen LogP contribution in [0.5, 0.6) is 0 Å². The molecule has 0 saturated heterocycles. The third-order valence-electron chi connectivity index (χ3n) is 2.36. The molecule has 1 atom stereocenters. The minimum absolute atomic E-state index is 0.153. The van der Waals surface area contributed by atoms with E-state index in [1.807, 2.05) is 0 Å². The highest BCUT2D eigenvalue weighted by molar-refractivity contribution is 5.93. The Morgan fingerprint density at radius 1 is 1.53 bits per heavy atom. The number of aromatic nitrogens is 3. The second-order valence-electron chi connectivity index (χ2n) is 3.62. The first-order chi connectivity index (χ1) is 8.16. The Hall–Kier alpha value is -2.37. The van der Waals surface area contributed by atoms with Gasteiger partial charge < -0.3 is 11.1 Å². The van der Waals surface area contributed by atoms with Crippen LogP contribution in [-0.4, -0.2) is 20.7 Å². The SMILES string of the molecule is CC(C(=O)Nc1ccc(N)nc1)n1cccn1. The second kappa shape index (κ2) is 4.65. The van der Waals surface area contributed by atoms with Crippen LogP contribution >= 0.6 is 0 Å². The van der Waals surface area contributed by atoms with E-state index in [4.69, 9.17) is 5.73 Å². The highest BCUT2D eigenvalue weighted by Crippen LogP contribution is 2.11. The minimum Gasteiger partial charge on any atom is -0.384 e. The van der Waals surface area contributed by atoms with E-state index in [9.17, 15) is 4.79 Å². The van der Waals surface area contributed by atoms with Crippen LogP contribution in [0.15, 0.2) is 36.8 Å². The van der Waals surface area contributed by atoms with Gasteiger partial charge in [0.2, 0.25) is 5.91 Å². The van der Waals surface area contributed by atoms with E-state index >= 15 is 0 Å². The Bertz CT molecular complexity index is 491. The molecule has 2 aromatic heterocycles. The van der Waals surface area contributed by atoms with Gasteiger partial charge in [0, 0.05) is 12.4 Å². The molecule has 2 aromatic rings. The average Bonchev–Trinajstić information content (AvgIpc) is 2.84. The number of carbonyl (C=O) groups is 1. The molecule has 6 heteroatoms. The lowest BCUT2D eigenvalue weighted by Crippen LogP contribution is -2.24. The zero-order valence-electron chi connectivity index (χ0n) is 9.37. The molecule has 0 aliphatic rings. The molecule has 0 aliphatic carbocycles. The van der Waals surface area contributed by atoms with Gasteiger partial charge in [0.05, 0.1) is 11.9 Å². The highest BCUT2D eigenvalue weighted by Gasteiger charge is 2.14. The smallest absolute Gasteiger partial charge is 0.248 e. The predicted molar refractivity (Wildman–Crippen MR) is 64.2 cm³/mol. The zero-order valence-corrected chi connectivity index (χ0v) is 9.37. The summed E-state index contributed by atoms with van der Waals surface area (Å²) in [7, 11) is 0. The van der Waals surface area contributed by atoms with E-state index in [-0.39, 0.29) is 11.9 Å². The first-order valence-electron chi connectivity index (χ1n) is 5.18. The number of nitrogen functional groups attached to an aromatic ring is 1. The van der Waals surface area contributed by atoms with Crippen molar-refractivity contribution in [1.82, 2.24) is 14.8 Å². The molecular formula is C11H13N5O. The molecule has 0 aromatic carbocycles. The Balaban J connectivity index is 2.04. The van der Waals surface area contributed by atoms with Crippen LogP contribution in [0.1, 0.15) is 13.0 Å². The number of amides is 1.